The molecule has 1 unspecified atom stereocenters. The monoisotopic (exact) mass is 406 g/mol. The third kappa shape index (κ3) is 3.95. The Morgan fingerprint density at radius 1 is 1.10 bits per heavy atom. The summed E-state index contributed by atoms with van der Waals surface area (Å²) in [4.78, 5) is 19.0. The molecule has 1 aliphatic carbocycles. The van der Waals surface area contributed by atoms with E-state index in [0.29, 0.717) is 6.04 Å². The Hall–Kier alpha value is -2.05. The van der Waals surface area contributed by atoms with E-state index in [1.807, 2.05) is 12.4 Å². The van der Waals surface area contributed by atoms with Gasteiger partial charge in [0.1, 0.15) is 11.6 Å². The zero-order valence-electron chi connectivity index (χ0n) is 18.4. The molecule has 1 spiro atoms. The molecular formula is C24H34N6. The van der Waals surface area contributed by atoms with E-state index in [-0.39, 0.29) is 5.41 Å². The summed E-state index contributed by atoms with van der Waals surface area (Å²) in [6, 6.07) is 4.76. The number of likely N-dealkylation sites (N-methyl/N-ethyl adjacent to an activating group) is 1. The second kappa shape index (κ2) is 8.23. The van der Waals surface area contributed by atoms with Gasteiger partial charge in [0.15, 0.2) is 0 Å². The molecule has 2 aromatic heterocycles. The van der Waals surface area contributed by atoms with Gasteiger partial charge in [-0.1, -0.05) is 0 Å². The lowest BCUT2D eigenvalue weighted by molar-refractivity contribution is 0.150. The lowest BCUT2D eigenvalue weighted by atomic mass is 9.76. The van der Waals surface area contributed by atoms with Gasteiger partial charge in [-0.15, -0.1) is 0 Å². The van der Waals surface area contributed by atoms with Crippen molar-refractivity contribution in [1.82, 2.24) is 24.8 Å². The van der Waals surface area contributed by atoms with Crippen LogP contribution in [0.5, 0.6) is 0 Å². The molecule has 0 aromatic carbocycles. The van der Waals surface area contributed by atoms with Crippen LogP contribution < -0.4 is 5.32 Å². The standard InChI is InChI=1S/C24H34N6/c1-18-26-22-21(23(27-18)28-20-4-3-13-29(2)17-20)5-8-24(22)9-14-30(15-10-24)16-19-6-11-25-12-7-19/h6-7,11-12,20H,3-5,8-10,13-17H2,1-2H3,(H,26,27,28). The number of likely N-dealkylation sites (tertiary alicyclic amines) is 2. The number of fused-ring (bicyclic) bond motifs is 2. The van der Waals surface area contributed by atoms with Gasteiger partial charge in [0.25, 0.3) is 0 Å². The summed E-state index contributed by atoms with van der Waals surface area (Å²) in [5, 5.41) is 3.81. The Morgan fingerprint density at radius 3 is 2.67 bits per heavy atom. The fraction of sp³-hybridized carbons (Fsp3) is 0.625. The molecule has 1 atom stereocenters. The number of nitrogens with one attached hydrogen (secondary N) is 1. The highest BCUT2D eigenvalue weighted by molar-refractivity contribution is 5.53. The van der Waals surface area contributed by atoms with Crippen LogP contribution in [-0.4, -0.2) is 64.0 Å². The van der Waals surface area contributed by atoms with E-state index in [2.05, 4.69) is 46.2 Å². The van der Waals surface area contributed by atoms with E-state index in [1.54, 1.807) is 0 Å². The van der Waals surface area contributed by atoms with Gasteiger partial charge >= 0.3 is 0 Å². The number of anilines is 1. The minimum Gasteiger partial charge on any atom is -0.366 e. The zero-order chi connectivity index (χ0) is 20.6. The third-order valence-electron chi connectivity index (χ3n) is 7.41. The van der Waals surface area contributed by atoms with E-state index in [1.165, 1.54) is 55.5 Å². The van der Waals surface area contributed by atoms with Crippen LogP contribution in [0.2, 0.25) is 0 Å². The van der Waals surface area contributed by atoms with Gasteiger partial charge in [-0.2, -0.15) is 0 Å². The fourth-order valence-corrected chi connectivity index (χ4v) is 5.72. The number of aryl methyl sites for hydroxylation is 1. The molecule has 0 saturated carbocycles. The molecule has 4 heterocycles. The van der Waals surface area contributed by atoms with Gasteiger partial charge in [-0.25, -0.2) is 9.97 Å². The van der Waals surface area contributed by atoms with Crippen LogP contribution in [-0.2, 0) is 18.4 Å². The van der Waals surface area contributed by atoms with E-state index in [9.17, 15) is 0 Å². The lowest BCUT2D eigenvalue weighted by Crippen LogP contribution is -2.42. The van der Waals surface area contributed by atoms with Gasteiger partial charge < -0.3 is 10.2 Å². The minimum absolute atomic E-state index is 0.248. The summed E-state index contributed by atoms with van der Waals surface area (Å²) in [6.45, 7) is 7.67. The Bertz CT molecular complexity index is 875. The molecular weight excluding hydrogens is 372 g/mol. The number of pyridine rings is 1. The van der Waals surface area contributed by atoms with Crippen molar-refractivity contribution in [3.05, 3.63) is 47.2 Å². The van der Waals surface area contributed by atoms with Crippen LogP contribution in [0.1, 0.15) is 54.7 Å². The highest BCUT2D eigenvalue weighted by Gasteiger charge is 2.44. The quantitative estimate of drug-likeness (QED) is 0.842. The molecule has 2 aliphatic heterocycles. The summed E-state index contributed by atoms with van der Waals surface area (Å²) in [5.74, 6) is 2.04. The van der Waals surface area contributed by atoms with Crippen molar-refractivity contribution in [2.24, 2.45) is 0 Å². The average molecular weight is 407 g/mol. The first kappa shape index (κ1) is 19.9. The van der Waals surface area contributed by atoms with Crippen molar-refractivity contribution >= 4 is 5.82 Å². The van der Waals surface area contributed by atoms with Gasteiger partial charge in [0, 0.05) is 42.5 Å². The molecule has 160 valence electrons. The summed E-state index contributed by atoms with van der Waals surface area (Å²) in [5.41, 5.74) is 4.36. The topological polar surface area (TPSA) is 57.2 Å². The van der Waals surface area contributed by atoms with E-state index < -0.39 is 0 Å². The normalized spacial score (nSPS) is 24.1. The van der Waals surface area contributed by atoms with Crippen LogP contribution in [0, 0.1) is 6.92 Å². The summed E-state index contributed by atoms with van der Waals surface area (Å²) < 4.78 is 0. The Morgan fingerprint density at radius 2 is 1.90 bits per heavy atom. The molecule has 1 N–H and O–H groups in total. The second-order valence-corrected chi connectivity index (χ2v) is 9.60. The minimum atomic E-state index is 0.248. The van der Waals surface area contributed by atoms with Crippen molar-refractivity contribution in [2.45, 2.75) is 63.5 Å². The highest BCUT2D eigenvalue weighted by Crippen LogP contribution is 2.47. The van der Waals surface area contributed by atoms with Crippen molar-refractivity contribution < 1.29 is 0 Å². The predicted molar refractivity (Wildman–Crippen MR) is 120 cm³/mol. The van der Waals surface area contributed by atoms with E-state index in [4.69, 9.17) is 9.97 Å². The van der Waals surface area contributed by atoms with Crippen molar-refractivity contribution in [3.8, 4) is 0 Å². The first-order valence-electron chi connectivity index (χ1n) is 11.6. The van der Waals surface area contributed by atoms with Gasteiger partial charge in [0.05, 0.1) is 5.69 Å². The molecule has 6 heteroatoms. The van der Waals surface area contributed by atoms with Crippen LogP contribution in [0.15, 0.2) is 24.5 Å². The summed E-state index contributed by atoms with van der Waals surface area (Å²) >= 11 is 0. The lowest BCUT2D eigenvalue weighted by Gasteiger charge is -2.39. The second-order valence-electron chi connectivity index (χ2n) is 9.60. The summed E-state index contributed by atoms with van der Waals surface area (Å²) in [6.07, 6.45) is 11.0. The molecule has 0 amide bonds. The number of hydrogen-bond donors (Lipinski definition) is 1. The Labute approximate surface area is 180 Å². The smallest absolute Gasteiger partial charge is 0.133 e. The number of hydrogen-bond acceptors (Lipinski definition) is 6. The van der Waals surface area contributed by atoms with Crippen molar-refractivity contribution in [1.29, 1.82) is 0 Å². The maximum absolute atomic E-state index is 5.02. The molecule has 3 aliphatic rings. The SMILES string of the molecule is Cc1nc(NC2CCCN(C)C2)c2c(n1)C1(CC2)CCN(Cc2ccncc2)CC1. The molecule has 2 aromatic rings. The largest absolute Gasteiger partial charge is 0.366 e. The van der Waals surface area contributed by atoms with E-state index in [0.717, 1.165) is 44.2 Å². The molecule has 2 fully saturated rings. The van der Waals surface area contributed by atoms with Crippen molar-refractivity contribution in [3.63, 3.8) is 0 Å². The van der Waals surface area contributed by atoms with Crippen LogP contribution in [0.4, 0.5) is 5.82 Å². The number of aromatic nitrogens is 3. The van der Waals surface area contributed by atoms with Crippen LogP contribution in [0.3, 0.4) is 0 Å². The predicted octanol–water partition coefficient (Wildman–Crippen LogP) is 3.17. The molecule has 2 saturated heterocycles. The van der Waals surface area contributed by atoms with Gasteiger partial charge in [-0.3, -0.25) is 9.88 Å². The maximum Gasteiger partial charge on any atom is 0.133 e. The maximum atomic E-state index is 5.02. The molecule has 5 rings (SSSR count). The average Bonchev–Trinajstić information content (AvgIpc) is 3.09. The molecule has 0 radical (unpaired) electrons. The van der Waals surface area contributed by atoms with E-state index >= 15 is 0 Å². The van der Waals surface area contributed by atoms with Crippen LogP contribution >= 0.6 is 0 Å². The highest BCUT2D eigenvalue weighted by atomic mass is 15.2. The first-order chi connectivity index (χ1) is 14.6. The van der Waals surface area contributed by atoms with Gasteiger partial charge in [-0.05, 0) is 89.8 Å². The Balaban J connectivity index is 1.31. The fourth-order valence-electron chi connectivity index (χ4n) is 5.72. The Kier molecular flexibility index (Phi) is 5.46. The molecule has 6 nitrogen and oxygen atoms in total. The zero-order valence-corrected chi connectivity index (χ0v) is 18.4. The number of piperidine rings is 2. The number of rotatable bonds is 4. The first-order valence-corrected chi connectivity index (χ1v) is 11.6. The van der Waals surface area contributed by atoms with Gasteiger partial charge in [0.2, 0.25) is 0 Å². The third-order valence-corrected chi connectivity index (χ3v) is 7.41. The summed E-state index contributed by atoms with van der Waals surface area (Å²) in [7, 11) is 2.22. The number of nitrogens with zero attached hydrogens (tertiary/aromatic N) is 5. The van der Waals surface area contributed by atoms with Crippen LogP contribution in [0.25, 0.3) is 0 Å². The molecule has 30 heavy (non-hydrogen) atoms. The van der Waals surface area contributed by atoms with Crippen molar-refractivity contribution in [2.75, 3.05) is 38.5 Å². The molecule has 0 bridgehead atoms.